The van der Waals surface area contributed by atoms with Gasteiger partial charge in [-0.15, -0.1) is 0 Å². The van der Waals surface area contributed by atoms with Crippen molar-refractivity contribution in [3.8, 4) is 0 Å². The number of hydrogen-bond donors (Lipinski definition) is 1. The second kappa shape index (κ2) is 7.02. The summed E-state index contributed by atoms with van der Waals surface area (Å²) in [7, 11) is 0. The molecule has 0 rings (SSSR count). The van der Waals surface area contributed by atoms with Crippen molar-refractivity contribution in [2.75, 3.05) is 17.3 Å². The quantitative estimate of drug-likeness (QED) is 0.698. The van der Waals surface area contributed by atoms with E-state index >= 15 is 0 Å². The van der Waals surface area contributed by atoms with Crippen LogP contribution < -0.4 is 0 Å². The maximum absolute atomic E-state index is 9.60. The Morgan fingerprint density at radius 2 is 1.85 bits per heavy atom. The Balaban J connectivity index is 3.35. The van der Waals surface area contributed by atoms with Crippen molar-refractivity contribution >= 4 is 23.5 Å². The summed E-state index contributed by atoms with van der Waals surface area (Å²) in [5, 5.41) is 9.60. The molecule has 0 amide bonds. The van der Waals surface area contributed by atoms with Gasteiger partial charge in [0.25, 0.3) is 0 Å². The minimum absolute atomic E-state index is 0.138. The van der Waals surface area contributed by atoms with Gasteiger partial charge in [0, 0.05) is 16.3 Å². The molecule has 0 saturated carbocycles. The fraction of sp³-hybridized carbons (Fsp3) is 1.00. The lowest BCUT2D eigenvalue weighted by Crippen LogP contribution is -2.18. The lowest BCUT2D eigenvalue weighted by Gasteiger charge is -2.19. The van der Waals surface area contributed by atoms with E-state index in [1.165, 1.54) is 6.42 Å². The van der Waals surface area contributed by atoms with E-state index in [0.29, 0.717) is 0 Å². The highest BCUT2D eigenvalue weighted by Crippen LogP contribution is 2.24. The fourth-order valence-corrected chi connectivity index (χ4v) is 2.56. The smallest absolute Gasteiger partial charge is 0.0721 e. The van der Waals surface area contributed by atoms with Gasteiger partial charge in [-0.05, 0) is 12.2 Å². The largest absolute Gasteiger partial charge is 0.391 e. The minimum Gasteiger partial charge on any atom is -0.391 e. The molecule has 1 nitrogen and oxygen atoms in total. The molecule has 3 heteroatoms. The number of rotatable bonds is 6. The molecule has 0 aromatic carbocycles. The molecule has 0 aliphatic carbocycles. The molecule has 0 saturated heterocycles. The van der Waals surface area contributed by atoms with Crippen LogP contribution in [0.25, 0.3) is 0 Å². The molecule has 13 heavy (non-hydrogen) atoms. The van der Waals surface area contributed by atoms with Crippen LogP contribution in [0.2, 0.25) is 0 Å². The standard InChI is InChI=1S/C10H22OS2/c1-5-6-12-7-9(11)8-13-10(2,3)4/h9,11H,5-8H2,1-4H3. The average molecular weight is 222 g/mol. The van der Waals surface area contributed by atoms with Gasteiger partial charge >= 0.3 is 0 Å². The first-order valence-electron chi connectivity index (χ1n) is 4.85. The van der Waals surface area contributed by atoms with E-state index in [0.717, 1.165) is 17.3 Å². The lowest BCUT2D eigenvalue weighted by molar-refractivity contribution is 0.225. The molecule has 80 valence electrons. The molecule has 0 aromatic rings. The average Bonchev–Trinajstić information content (AvgIpc) is 2.00. The van der Waals surface area contributed by atoms with Gasteiger partial charge < -0.3 is 5.11 Å². The summed E-state index contributed by atoms with van der Waals surface area (Å²) in [5.41, 5.74) is 0. The SMILES string of the molecule is CCCSCC(O)CSC(C)(C)C. The van der Waals surface area contributed by atoms with Crippen LogP contribution in [-0.2, 0) is 0 Å². The zero-order valence-corrected chi connectivity index (χ0v) is 10.8. The molecule has 0 spiro atoms. The number of thioether (sulfide) groups is 2. The molecule has 0 heterocycles. The van der Waals surface area contributed by atoms with Gasteiger partial charge in [0.05, 0.1) is 6.10 Å². The van der Waals surface area contributed by atoms with Crippen LogP contribution >= 0.6 is 23.5 Å². The van der Waals surface area contributed by atoms with Crippen LogP contribution in [-0.4, -0.2) is 33.2 Å². The molecular formula is C10H22OS2. The first-order chi connectivity index (χ1) is 5.95. The molecule has 1 atom stereocenters. The summed E-state index contributed by atoms with van der Waals surface area (Å²) in [6, 6.07) is 0. The predicted octanol–water partition coefficient (Wildman–Crippen LogP) is 3.02. The van der Waals surface area contributed by atoms with Crippen molar-refractivity contribution in [1.82, 2.24) is 0 Å². The number of aliphatic hydroxyl groups is 1. The van der Waals surface area contributed by atoms with Crippen molar-refractivity contribution in [3.63, 3.8) is 0 Å². The normalized spacial score (nSPS) is 14.5. The van der Waals surface area contributed by atoms with Gasteiger partial charge in [0.2, 0.25) is 0 Å². The van der Waals surface area contributed by atoms with Crippen LogP contribution in [0.3, 0.4) is 0 Å². The van der Waals surface area contributed by atoms with E-state index in [2.05, 4.69) is 27.7 Å². The van der Waals surface area contributed by atoms with Crippen molar-refractivity contribution in [1.29, 1.82) is 0 Å². The number of aliphatic hydroxyl groups excluding tert-OH is 1. The third-order valence-electron chi connectivity index (χ3n) is 1.37. The van der Waals surface area contributed by atoms with Gasteiger partial charge in [-0.1, -0.05) is 27.7 Å². The highest BCUT2D eigenvalue weighted by molar-refractivity contribution is 8.01. The summed E-state index contributed by atoms with van der Waals surface area (Å²) in [4.78, 5) is 0. The summed E-state index contributed by atoms with van der Waals surface area (Å²) in [5.74, 6) is 2.91. The van der Waals surface area contributed by atoms with Crippen molar-refractivity contribution in [2.24, 2.45) is 0 Å². The van der Waals surface area contributed by atoms with E-state index in [1.54, 1.807) is 0 Å². The van der Waals surface area contributed by atoms with Crippen LogP contribution in [0.4, 0.5) is 0 Å². The summed E-state index contributed by atoms with van der Waals surface area (Å²) in [6.07, 6.45) is 1.06. The van der Waals surface area contributed by atoms with Crippen LogP contribution in [0, 0.1) is 0 Å². The van der Waals surface area contributed by atoms with E-state index in [-0.39, 0.29) is 10.9 Å². The van der Waals surface area contributed by atoms with E-state index < -0.39 is 0 Å². The van der Waals surface area contributed by atoms with Gasteiger partial charge in [-0.3, -0.25) is 0 Å². The van der Waals surface area contributed by atoms with E-state index in [9.17, 15) is 5.11 Å². The summed E-state index contributed by atoms with van der Waals surface area (Å²) >= 11 is 3.68. The predicted molar refractivity (Wildman–Crippen MR) is 65.8 cm³/mol. The maximum Gasteiger partial charge on any atom is 0.0721 e. The van der Waals surface area contributed by atoms with Crippen molar-refractivity contribution < 1.29 is 5.11 Å². The monoisotopic (exact) mass is 222 g/mol. The first kappa shape index (κ1) is 13.7. The fourth-order valence-electron chi connectivity index (χ4n) is 0.758. The second-order valence-electron chi connectivity index (χ2n) is 4.15. The Morgan fingerprint density at radius 1 is 1.23 bits per heavy atom. The molecule has 0 aromatic heterocycles. The minimum atomic E-state index is -0.138. The van der Waals surface area contributed by atoms with E-state index in [4.69, 9.17) is 0 Å². The Bertz CT molecular complexity index is 121. The molecule has 0 aliphatic rings. The highest BCUT2D eigenvalue weighted by Gasteiger charge is 2.13. The first-order valence-corrected chi connectivity index (χ1v) is 6.99. The third-order valence-corrected chi connectivity index (χ3v) is 4.10. The van der Waals surface area contributed by atoms with Crippen LogP contribution in [0.15, 0.2) is 0 Å². The Labute approximate surface area is 91.1 Å². The topological polar surface area (TPSA) is 20.2 Å². The zero-order chi connectivity index (χ0) is 10.3. The van der Waals surface area contributed by atoms with Gasteiger partial charge in [0.15, 0.2) is 0 Å². The summed E-state index contributed by atoms with van der Waals surface area (Å²) < 4.78 is 0.274. The number of hydrogen-bond acceptors (Lipinski definition) is 3. The van der Waals surface area contributed by atoms with E-state index in [1.807, 2.05) is 23.5 Å². The highest BCUT2D eigenvalue weighted by atomic mass is 32.2. The van der Waals surface area contributed by atoms with Gasteiger partial charge in [0.1, 0.15) is 0 Å². The Morgan fingerprint density at radius 3 is 2.31 bits per heavy atom. The lowest BCUT2D eigenvalue weighted by atomic mass is 10.3. The van der Waals surface area contributed by atoms with Gasteiger partial charge in [-0.2, -0.15) is 23.5 Å². The molecule has 0 bridgehead atoms. The molecule has 1 unspecified atom stereocenters. The van der Waals surface area contributed by atoms with Crippen molar-refractivity contribution in [3.05, 3.63) is 0 Å². The van der Waals surface area contributed by atoms with Crippen molar-refractivity contribution in [2.45, 2.75) is 45.0 Å². The zero-order valence-electron chi connectivity index (χ0n) is 9.17. The third kappa shape index (κ3) is 10.6. The van der Waals surface area contributed by atoms with Crippen LogP contribution in [0.5, 0.6) is 0 Å². The molecule has 1 N–H and O–H groups in total. The Hall–Kier alpha value is 0.660. The van der Waals surface area contributed by atoms with Crippen LogP contribution in [0.1, 0.15) is 34.1 Å². The Kier molecular flexibility index (Phi) is 7.37. The molecule has 0 fully saturated rings. The van der Waals surface area contributed by atoms with Gasteiger partial charge in [-0.25, -0.2) is 0 Å². The summed E-state index contributed by atoms with van der Waals surface area (Å²) in [6.45, 7) is 8.72. The molecular weight excluding hydrogens is 200 g/mol. The molecule has 0 radical (unpaired) electrons. The second-order valence-corrected chi connectivity index (χ2v) is 7.15. The molecule has 0 aliphatic heterocycles. The maximum atomic E-state index is 9.60.